The number of aromatic nitrogens is 3. The highest BCUT2D eigenvalue weighted by molar-refractivity contribution is 7.99. The van der Waals surface area contributed by atoms with Crippen LogP contribution in [-0.4, -0.2) is 39.1 Å². The number of carbonyl (C=O) groups is 1. The quantitative estimate of drug-likeness (QED) is 0.500. The molecule has 0 unspecified atom stereocenters. The maximum absolute atomic E-state index is 13.4. The van der Waals surface area contributed by atoms with Gasteiger partial charge in [-0.15, -0.1) is 21.5 Å². The molecule has 3 aromatic rings. The Morgan fingerprint density at radius 2 is 2.15 bits per heavy atom. The lowest BCUT2D eigenvalue weighted by Gasteiger charge is -2.14. The second-order valence-corrected chi connectivity index (χ2v) is 10.1. The van der Waals surface area contributed by atoms with E-state index in [4.69, 9.17) is 4.74 Å². The largest absolute Gasteiger partial charge is 0.376 e. The van der Waals surface area contributed by atoms with Gasteiger partial charge in [0.05, 0.1) is 24.0 Å². The first kappa shape index (κ1) is 22.1. The molecule has 33 heavy (non-hydrogen) atoms. The molecular formula is C23H22FN5O2S2. The minimum Gasteiger partial charge on any atom is -0.376 e. The Kier molecular flexibility index (Phi) is 6.44. The van der Waals surface area contributed by atoms with E-state index in [9.17, 15) is 14.4 Å². The van der Waals surface area contributed by atoms with Crippen molar-refractivity contribution in [2.75, 3.05) is 17.7 Å². The van der Waals surface area contributed by atoms with Crippen molar-refractivity contribution in [1.82, 2.24) is 14.8 Å². The summed E-state index contributed by atoms with van der Waals surface area (Å²) in [4.78, 5) is 13.9. The fourth-order valence-electron chi connectivity index (χ4n) is 4.27. The molecular weight excluding hydrogens is 461 g/mol. The summed E-state index contributed by atoms with van der Waals surface area (Å²) in [6.07, 6.45) is 4.95. The number of halogens is 1. The number of aryl methyl sites for hydroxylation is 1. The number of fused-ring (bicyclic) bond motifs is 1. The van der Waals surface area contributed by atoms with E-state index >= 15 is 0 Å². The number of benzene rings is 1. The van der Waals surface area contributed by atoms with Crippen LogP contribution in [0.2, 0.25) is 0 Å². The van der Waals surface area contributed by atoms with E-state index in [-0.39, 0.29) is 23.6 Å². The number of nitrogens with one attached hydrogen (secondary N) is 1. The highest BCUT2D eigenvalue weighted by Gasteiger charge is 2.25. The highest BCUT2D eigenvalue weighted by atomic mass is 32.2. The molecule has 0 spiro atoms. The van der Waals surface area contributed by atoms with E-state index in [1.165, 1.54) is 40.1 Å². The van der Waals surface area contributed by atoms with Crippen LogP contribution >= 0.6 is 23.1 Å². The van der Waals surface area contributed by atoms with Crippen molar-refractivity contribution in [2.45, 2.75) is 49.9 Å². The molecule has 1 aliphatic carbocycles. The first-order chi connectivity index (χ1) is 16.1. The Morgan fingerprint density at radius 3 is 2.91 bits per heavy atom. The number of thioether (sulfide) groups is 1. The molecule has 1 N–H and O–H groups in total. The predicted octanol–water partition coefficient (Wildman–Crippen LogP) is 4.42. The molecule has 7 nitrogen and oxygen atoms in total. The van der Waals surface area contributed by atoms with E-state index in [1.807, 2.05) is 4.57 Å². The Balaban J connectivity index is 1.32. The summed E-state index contributed by atoms with van der Waals surface area (Å²) >= 11 is 2.80. The maximum atomic E-state index is 13.4. The lowest BCUT2D eigenvalue weighted by molar-refractivity contribution is -0.113. The third-order valence-corrected chi connectivity index (χ3v) is 8.02. The number of rotatable bonds is 7. The van der Waals surface area contributed by atoms with Gasteiger partial charge in [0.15, 0.2) is 11.0 Å². The van der Waals surface area contributed by atoms with Crippen LogP contribution in [0.15, 0.2) is 29.4 Å². The van der Waals surface area contributed by atoms with Crippen molar-refractivity contribution in [3.8, 4) is 17.5 Å². The van der Waals surface area contributed by atoms with Gasteiger partial charge in [-0.2, -0.15) is 5.26 Å². The molecule has 0 bridgehead atoms. The van der Waals surface area contributed by atoms with Gasteiger partial charge >= 0.3 is 0 Å². The number of hydrogen-bond donors (Lipinski definition) is 1. The zero-order valence-corrected chi connectivity index (χ0v) is 19.5. The van der Waals surface area contributed by atoms with Gasteiger partial charge in [-0.05, 0) is 61.9 Å². The van der Waals surface area contributed by atoms with E-state index in [2.05, 4.69) is 21.6 Å². The fraction of sp³-hybridized carbons (Fsp3) is 0.391. The molecule has 1 atom stereocenters. The first-order valence-electron chi connectivity index (χ1n) is 10.9. The lowest BCUT2D eigenvalue weighted by atomic mass is 10.1. The van der Waals surface area contributed by atoms with Crippen molar-refractivity contribution in [2.24, 2.45) is 0 Å². The van der Waals surface area contributed by atoms with Crippen molar-refractivity contribution in [1.29, 1.82) is 5.26 Å². The standard InChI is InChI=1S/C23H22FN5O2S2/c24-15-8-6-14(7-9-15)21-27-28-23(29(21)12-16-3-2-10-31-16)32-13-20(30)26-22-18(11-25)17-4-1-5-19(17)33-22/h6-9,16H,1-5,10,12-13H2,(H,26,30)/t16-/m1/s1. The fourth-order valence-corrected chi connectivity index (χ4v) is 6.27. The summed E-state index contributed by atoms with van der Waals surface area (Å²) < 4.78 is 21.1. The van der Waals surface area contributed by atoms with Gasteiger partial charge in [-0.25, -0.2) is 4.39 Å². The van der Waals surface area contributed by atoms with Crippen LogP contribution in [-0.2, 0) is 28.9 Å². The number of nitrogens with zero attached hydrogens (tertiary/aromatic N) is 4. The number of nitriles is 1. The SMILES string of the molecule is N#Cc1c(NC(=O)CSc2nnc(-c3ccc(F)cc3)n2C[C@H]2CCCO2)sc2c1CCC2. The summed E-state index contributed by atoms with van der Waals surface area (Å²) in [5, 5.41) is 22.3. The topological polar surface area (TPSA) is 92.8 Å². The second-order valence-electron chi connectivity index (χ2n) is 8.07. The number of anilines is 1. The number of amides is 1. The van der Waals surface area contributed by atoms with Gasteiger partial charge in [0.2, 0.25) is 5.91 Å². The van der Waals surface area contributed by atoms with Crippen LogP contribution in [0.25, 0.3) is 11.4 Å². The monoisotopic (exact) mass is 483 g/mol. The molecule has 0 saturated carbocycles. The average Bonchev–Trinajstić information content (AvgIpc) is 3.59. The lowest BCUT2D eigenvalue weighted by Crippen LogP contribution is -2.18. The van der Waals surface area contributed by atoms with Gasteiger partial charge < -0.3 is 10.1 Å². The molecule has 2 aromatic heterocycles. The molecule has 1 aromatic carbocycles. The summed E-state index contributed by atoms with van der Waals surface area (Å²) in [7, 11) is 0. The van der Waals surface area contributed by atoms with Crippen LogP contribution in [0, 0.1) is 17.1 Å². The number of hydrogen-bond acceptors (Lipinski definition) is 7. The first-order valence-corrected chi connectivity index (χ1v) is 12.7. The minimum atomic E-state index is -0.313. The zero-order chi connectivity index (χ0) is 22.8. The summed E-state index contributed by atoms with van der Waals surface area (Å²) in [5.74, 6) is 0.258. The predicted molar refractivity (Wildman–Crippen MR) is 125 cm³/mol. The molecule has 1 amide bonds. The Hall–Kier alpha value is -2.74. The summed E-state index contributed by atoms with van der Waals surface area (Å²) in [5.41, 5.74) is 2.45. The van der Waals surface area contributed by atoms with Crippen LogP contribution in [0.1, 0.15) is 35.3 Å². The molecule has 1 aliphatic heterocycles. The van der Waals surface area contributed by atoms with E-state index in [1.54, 1.807) is 12.1 Å². The van der Waals surface area contributed by atoms with E-state index in [0.717, 1.165) is 49.8 Å². The van der Waals surface area contributed by atoms with Crippen molar-refractivity contribution in [3.05, 3.63) is 46.1 Å². The second kappa shape index (κ2) is 9.63. The Bertz CT molecular complexity index is 1210. The molecule has 3 heterocycles. The van der Waals surface area contributed by atoms with Gasteiger partial charge in [0.1, 0.15) is 16.9 Å². The Morgan fingerprint density at radius 1 is 1.30 bits per heavy atom. The maximum Gasteiger partial charge on any atom is 0.235 e. The summed E-state index contributed by atoms with van der Waals surface area (Å²) in [6, 6.07) is 8.39. The van der Waals surface area contributed by atoms with Crippen LogP contribution in [0.4, 0.5) is 9.39 Å². The minimum absolute atomic E-state index is 0.0556. The molecule has 0 radical (unpaired) electrons. The molecule has 1 fully saturated rings. The summed E-state index contributed by atoms with van der Waals surface area (Å²) in [6.45, 7) is 1.30. The van der Waals surface area contributed by atoms with Crippen molar-refractivity contribution >= 4 is 34.0 Å². The number of thiophene rings is 1. The van der Waals surface area contributed by atoms with Gasteiger partial charge in [0, 0.05) is 17.0 Å². The van der Waals surface area contributed by atoms with Crippen LogP contribution in [0.3, 0.4) is 0 Å². The molecule has 10 heteroatoms. The van der Waals surface area contributed by atoms with Crippen LogP contribution in [0.5, 0.6) is 0 Å². The molecule has 1 saturated heterocycles. The third-order valence-electron chi connectivity index (χ3n) is 5.85. The van der Waals surface area contributed by atoms with Gasteiger partial charge in [-0.3, -0.25) is 9.36 Å². The van der Waals surface area contributed by atoms with Gasteiger partial charge in [0.25, 0.3) is 0 Å². The highest BCUT2D eigenvalue weighted by Crippen LogP contribution is 2.38. The zero-order valence-electron chi connectivity index (χ0n) is 17.8. The van der Waals surface area contributed by atoms with E-state index < -0.39 is 0 Å². The Labute approximate surface area is 199 Å². The number of carbonyl (C=O) groups excluding carboxylic acids is 1. The third kappa shape index (κ3) is 4.67. The molecule has 2 aliphatic rings. The molecule has 170 valence electrons. The van der Waals surface area contributed by atoms with Crippen LogP contribution < -0.4 is 5.32 Å². The van der Waals surface area contributed by atoms with Crippen molar-refractivity contribution < 1.29 is 13.9 Å². The molecule has 5 rings (SSSR count). The average molecular weight is 484 g/mol. The number of ether oxygens (including phenoxy) is 1. The van der Waals surface area contributed by atoms with Crippen molar-refractivity contribution in [3.63, 3.8) is 0 Å². The van der Waals surface area contributed by atoms with Gasteiger partial charge in [-0.1, -0.05) is 11.8 Å². The smallest absolute Gasteiger partial charge is 0.235 e. The normalized spacial score (nSPS) is 17.2. The van der Waals surface area contributed by atoms with E-state index in [0.29, 0.717) is 28.1 Å².